The summed E-state index contributed by atoms with van der Waals surface area (Å²) in [6.45, 7) is 4.04. The van der Waals surface area contributed by atoms with Crippen molar-refractivity contribution in [3.8, 4) is 0 Å². The van der Waals surface area contributed by atoms with E-state index in [1.54, 1.807) is 6.92 Å². The van der Waals surface area contributed by atoms with E-state index in [0.717, 1.165) is 6.42 Å². The largest absolute Gasteiger partial charge is 0.392 e. The van der Waals surface area contributed by atoms with Gasteiger partial charge in [-0.1, -0.05) is 6.92 Å². The molecule has 0 bridgehead atoms. The Bertz CT molecular complexity index is 194. The summed E-state index contributed by atoms with van der Waals surface area (Å²) in [5, 5.41) is 11.8. The average molecular weight is 186 g/mol. The van der Waals surface area contributed by atoms with Gasteiger partial charge in [-0.05, 0) is 19.3 Å². The van der Waals surface area contributed by atoms with Crippen LogP contribution in [0.15, 0.2) is 0 Å². The fourth-order valence-electron chi connectivity index (χ4n) is 1.21. The molecule has 0 aromatic carbocycles. The molecular weight excluding hydrogens is 168 g/mol. The van der Waals surface area contributed by atoms with Gasteiger partial charge in [-0.2, -0.15) is 0 Å². The predicted molar refractivity (Wildman–Crippen MR) is 49.9 cm³/mol. The zero-order chi connectivity index (χ0) is 10.0. The monoisotopic (exact) mass is 186 g/mol. The molecule has 76 valence electrons. The average Bonchev–Trinajstić information content (AvgIpc) is 2.77. The Balaban J connectivity index is 2.15. The van der Waals surface area contributed by atoms with Gasteiger partial charge < -0.3 is 16.2 Å². The van der Waals surface area contributed by atoms with Gasteiger partial charge in [0.05, 0.1) is 6.10 Å². The summed E-state index contributed by atoms with van der Waals surface area (Å²) in [6, 6.07) is -0.363. The van der Waals surface area contributed by atoms with Crippen LogP contribution >= 0.6 is 0 Å². The van der Waals surface area contributed by atoms with Crippen LogP contribution in [0.4, 0.5) is 0 Å². The Kier molecular flexibility index (Phi) is 3.27. The molecule has 13 heavy (non-hydrogen) atoms. The van der Waals surface area contributed by atoms with Crippen LogP contribution in [0.3, 0.4) is 0 Å². The molecule has 4 unspecified atom stereocenters. The van der Waals surface area contributed by atoms with E-state index in [1.807, 2.05) is 0 Å². The molecule has 1 aliphatic rings. The minimum atomic E-state index is -0.572. The maximum Gasteiger partial charge on any atom is 0.223 e. The van der Waals surface area contributed by atoms with E-state index in [1.165, 1.54) is 0 Å². The number of aliphatic hydroxyl groups is 1. The van der Waals surface area contributed by atoms with Crippen LogP contribution in [-0.2, 0) is 4.79 Å². The molecule has 0 heterocycles. The summed E-state index contributed by atoms with van der Waals surface area (Å²) in [5.74, 6) is 0.771. The van der Waals surface area contributed by atoms with Gasteiger partial charge >= 0.3 is 0 Å². The smallest absolute Gasteiger partial charge is 0.223 e. The molecule has 1 fully saturated rings. The topological polar surface area (TPSA) is 75.3 Å². The highest BCUT2D eigenvalue weighted by molar-refractivity contribution is 5.81. The first kappa shape index (κ1) is 10.5. The highest BCUT2D eigenvalue weighted by Crippen LogP contribution is 2.37. The Morgan fingerprint density at radius 3 is 2.69 bits per heavy atom. The van der Waals surface area contributed by atoms with E-state index in [-0.39, 0.29) is 17.9 Å². The maximum atomic E-state index is 11.3. The normalized spacial score (nSPS) is 30.8. The lowest BCUT2D eigenvalue weighted by Crippen LogP contribution is -2.44. The van der Waals surface area contributed by atoms with Crippen molar-refractivity contribution in [1.29, 1.82) is 0 Å². The van der Waals surface area contributed by atoms with Gasteiger partial charge in [0.25, 0.3) is 0 Å². The van der Waals surface area contributed by atoms with Crippen LogP contribution in [0, 0.1) is 11.8 Å². The third-order valence-electron chi connectivity index (χ3n) is 2.58. The molecule has 4 heteroatoms. The molecule has 4 nitrogen and oxygen atoms in total. The Hall–Kier alpha value is -0.610. The van der Waals surface area contributed by atoms with Gasteiger partial charge in [-0.15, -0.1) is 0 Å². The first-order valence-corrected chi connectivity index (χ1v) is 4.73. The van der Waals surface area contributed by atoms with Crippen molar-refractivity contribution in [3.05, 3.63) is 0 Å². The number of rotatable bonds is 4. The van der Waals surface area contributed by atoms with E-state index in [4.69, 9.17) is 10.8 Å². The summed E-state index contributed by atoms with van der Waals surface area (Å²) >= 11 is 0. The van der Waals surface area contributed by atoms with E-state index in [9.17, 15) is 4.79 Å². The van der Waals surface area contributed by atoms with Gasteiger partial charge in [0.1, 0.15) is 0 Å². The van der Waals surface area contributed by atoms with E-state index >= 15 is 0 Å². The second kappa shape index (κ2) is 4.07. The van der Waals surface area contributed by atoms with Crippen molar-refractivity contribution in [2.45, 2.75) is 32.4 Å². The standard InChI is InChI=1S/C9H18N2O2/c1-5-3-7(5)9(13)11-4-8(10)6(2)12/h5-8,12H,3-4,10H2,1-2H3,(H,11,13). The Labute approximate surface area is 78.5 Å². The Morgan fingerprint density at radius 2 is 2.31 bits per heavy atom. The molecule has 1 rings (SSSR count). The number of nitrogens with one attached hydrogen (secondary N) is 1. The molecule has 0 aromatic rings. The van der Waals surface area contributed by atoms with E-state index in [2.05, 4.69) is 12.2 Å². The third kappa shape index (κ3) is 2.97. The minimum absolute atomic E-state index is 0.0728. The van der Waals surface area contributed by atoms with Crippen LogP contribution in [-0.4, -0.2) is 29.7 Å². The molecule has 0 spiro atoms. The zero-order valence-electron chi connectivity index (χ0n) is 8.16. The van der Waals surface area contributed by atoms with Gasteiger partial charge in [-0.25, -0.2) is 0 Å². The minimum Gasteiger partial charge on any atom is -0.392 e. The summed E-state index contributed by atoms with van der Waals surface area (Å²) in [7, 11) is 0. The molecule has 0 aliphatic heterocycles. The number of carbonyl (C=O) groups is 1. The fraction of sp³-hybridized carbons (Fsp3) is 0.889. The zero-order valence-corrected chi connectivity index (χ0v) is 8.16. The summed E-state index contributed by atoms with van der Waals surface area (Å²) < 4.78 is 0. The van der Waals surface area contributed by atoms with Crippen LogP contribution in [0.2, 0.25) is 0 Å². The molecule has 4 N–H and O–H groups in total. The summed E-state index contributed by atoms with van der Waals surface area (Å²) in [6.07, 6.45) is 0.410. The predicted octanol–water partition coefficient (Wildman–Crippen LogP) is -0.533. The molecule has 0 saturated heterocycles. The van der Waals surface area contributed by atoms with Gasteiger partial charge in [0.15, 0.2) is 0 Å². The van der Waals surface area contributed by atoms with Gasteiger partial charge in [0.2, 0.25) is 5.91 Å². The molecule has 0 aromatic heterocycles. The number of aliphatic hydroxyl groups excluding tert-OH is 1. The van der Waals surface area contributed by atoms with Crippen molar-refractivity contribution in [2.75, 3.05) is 6.54 Å². The van der Waals surface area contributed by atoms with Crippen LogP contribution in [0.5, 0.6) is 0 Å². The van der Waals surface area contributed by atoms with Crippen LogP contribution in [0.25, 0.3) is 0 Å². The van der Waals surface area contributed by atoms with Gasteiger partial charge in [-0.3, -0.25) is 4.79 Å². The van der Waals surface area contributed by atoms with Crippen molar-refractivity contribution in [2.24, 2.45) is 17.6 Å². The molecule has 4 atom stereocenters. The van der Waals surface area contributed by atoms with Crippen molar-refractivity contribution >= 4 is 5.91 Å². The number of hydrogen-bond acceptors (Lipinski definition) is 3. The number of nitrogens with two attached hydrogens (primary N) is 1. The molecule has 1 amide bonds. The number of amides is 1. The van der Waals surface area contributed by atoms with Crippen LogP contribution < -0.4 is 11.1 Å². The lowest BCUT2D eigenvalue weighted by molar-refractivity contribution is -0.122. The lowest BCUT2D eigenvalue weighted by atomic mass is 10.2. The first-order chi connectivity index (χ1) is 6.02. The summed E-state index contributed by atoms with van der Waals surface area (Å²) in [4.78, 5) is 11.3. The molecule has 1 aliphatic carbocycles. The number of carbonyl (C=O) groups excluding carboxylic acids is 1. The lowest BCUT2D eigenvalue weighted by Gasteiger charge is -2.15. The fourth-order valence-corrected chi connectivity index (χ4v) is 1.21. The molecular formula is C9H18N2O2. The molecule has 0 radical (unpaired) electrons. The molecule has 1 saturated carbocycles. The maximum absolute atomic E-state index is 11.3. The van der Waals surface area contributed by atoms with Crippen molar-refractivity contribution in [1.82, 2.24) is 5.32 Å². The van der Waals surface area contributed by atoms with E-state index in [0.29, 0.717) is 12.5 Å². The van der Waals surface area contributed by atoms with Gasteiger partial charge in [0, 0.05) is 18.5 Å². The van der Waals surface area contributed by atoms with E-state index < -0.39 is 6.10 Å². The summed E-state index contributed by atoms with van der Waals surface area (Å²) in [5.41, 5.74) is 5.56. The SMILES string of the molecule is CC(O)C(N)CNC(=O)C1CC1C. The highest BCUT2D eigenvalue weighted by atomic mass is 16.3. The second-order valence-electron chi connectivity index (χ2n) is 3.97. The van der Waals surface area contributed by atoms with Crippen molar-refractivity contribution in [3.63, 3.8) is 0 Å². The quantitative estimate of drug-likeness (QED) is 0.552. The third-order valence-corrected chi connectivity index (χ3v) is 2.58. The van der Waals surface area contributed by atoms with Crippen molar-refractivity contribution < 1.29 is 9.90 Å². The van der Waals surface area contributed by atoms with Crippen LogP contribution in [0.1, 0.15) is 20.3 Å². The first-order valence-electron chi connectivity index (χ1n) is 4.73. The number of hydrogen-bond donors (Lipinski definition) is 3. The second-order valence-corrected chi connectivity index (χ2v) is 3.97. The highest BCUT2D eigenvalue weighted by Gasteiger charge is 2.38. The Morgan fingerprint density at radius 1 is 1.77 bits per heavy atom.